The van der Waals surface area contributed by atoms with Gasteiger partial charge in [0.25, 0.3) is 5.91 Å². The molecule has 1 unspecified atom stereocenters. The Bertz CT molecular complexity index is 1200. The lowest BCUT2D eigenvalue weighted by atomic mass is 10.0. The van der Waals surface area contributed by atoms with Crippen LogP contribution in [0.1, 0.15) is 27.7 Å². The SMILES string of the molecule is CN(C)C(=O)Oc1ccccc1C1Nc2ccc(F)cc2C(=O)N1CCc1cccc(F)c1. The normalized spacial score (nSPS) is 15.0. The van der Waals surface area contributed by atoms with Crippen molar-refractivity contribution in [3.63, 3.8) is 0 Å². The van der Waals surface area contributed by atoms with E-state index >= 15 is 0 Å². The largest absolute Gasteiger partial charge is 0.414 e. The van der Waals surface area contributed by atoms with E-state index in [2.05, 4.69) is 5.32 Å². The van der Waals surface area contributed by atoms with Crippen LogP contribution in [0.3, 0.4) is 0 Å². The molecule has 0 radical (unpaired) electrons. The van der Waals surface area contributed by atoms with E-state index < -0.39 is 18.1 Å². The van der Waals surface area contributed by atoms with Crippen LogP contribution in [-0.4, -0.2) is 42.4 Å². The Hall–Kier alpha value is -3.94. The van der Waals surface area contributed by atoms with Crippen molar-refractivity contribution in [2.75, 3.05) is 26.0 Å². The van der Waals surface area contributed by atoms with Crippen molar-refractivity contribution in [1.29, 1.82) is 0 Å². The summed E-state index contributed by atoms with van der Waals surface area (Å²) in [5.74, 6) is -0.963. The first-order valence-corrected chi connectivity index (χ1v) is 10.4. The summed E-state index contributed by atoms with van der Waals surface area (Å²) in [6, 6.07) is 17.0. The number of fused-ring (bicyclic) bond motifs is 1. The minimum atomic E-state index is -0.685. The van der Waals surface area contributed by atoms with Gasteiger partial charge in [0.1, 0.15) is 23.5 Å². The number of hydrogen-bond donors (Lipinski definition) is 1. The summed E-state index contributed by atoms with van der Waals surface area (Å²) in [6.07, 6.45) is -0.861. The van der Waals surface area contributed by atoms with E-state index in [1.807, 2.05) is 0 Å². The number of hydrogen-bond acceptors (Lipinski definition) is 4. The number of ether oxygens (including phenoxy) is 1. The molecule has 1 heterocycles. The smallest absolute Gasteiger partial charge is 0.410 e. The zero-order chi connectivity index (χ0) is 23.5. The monoisotopic (exact) mass is 451 g/mol. The molecule has 2 amide bonds. The van der Waals surface area contributed by atoms with Gasteiger partial charge < -0.3 is 19.9 Å². The van der Waals surface area contributed by atoms with Gasteiger partial charge in [0.15, 0.2) is 0 Å². The van der Waals surface area contributed by atoms with Gasteiger partial charge in [-0.15, -0.1) is 0 Å². The molecule has 0 saturated heterocycles. The molecule has 6 nitrogen and oxygen atoms in total. The Labute approximate surface area is 190 Å². The van der Waals surface area contributed by atoms with Gasteiger partial charge in [0.2, 0.25) is 0 Å². The number of nitrogens with one attached hydrogen (secondary N) is 1. The van der Waals surface area contributed by atoms with Crippen molar-refractivity contribution in [1.82, 2.24) is 9.80 Å². The highest BCUT2D eigenvalue weighted by atomic mass is 19.1. The van der Waals surface area contributed by atoms with Crippen molar-refractivity contribution in [3.8, 4) is 5.75 Å². The molecule has 1 N–H and O–H groups in total. The van der Waals surface area contributed by atoms with E-state index in [-0.39, 0.29) is 23.8 Å². The fourth-order valence-electron chi connectivity index (χ4n) is 3.72. The van der Waals surface area contributed by atoms with Crippen LogP contribution in [0.4, 0.5) is 19.3 Å². The minimum Gasteiger partial charge on any atom is -0.410 e. The lowest BCUT2D eigenvalue weighted by Crippen LogP contribution is -2.44. The molecule has 1 aliphatic rings. The van der Waals surface area contributed by atoms with Gasteiger partial charge in [-0.1, -0.05) is 30.3 Å². The molecule has 0 aromatic heterocycles. The molecule has 0 saturated carbocycles. The van der Waals surface area contributed by atoms with E-state index in [0.717, 1.165) is 5.56 Å². The highest BCUT2D eigenvalue weighted by Gasteiger charge is 2.35. The predicted molar refractivity (Wildman–Crippen MR) is 120 cm³/mol. The van der Waals surface area contributed by atoms with Gasteiger partial charge in [-0.05, 0) is 48.4 Å². The molecular weight excluding hydrogens is 428 g/mol. The van der Waals surface area contributed by atoms with Crippen LogP contribution in [0.15, 0.2) is 66.7 Å². The predicted octanol–water partition coefficient (Wildman–Crippen LogP) is 4.83. The topological polar surface area (TPSA) is 61.9 Å². The summed E-state index contributed by atoms with van der Waals surface area (Å²) in [4.78, 5) is 28.4. The van der Waals surface area contributed by atoms with Crippen LogP contribution >= 0.6 is 0 Å². The van der Waals surface area contributed by atoms with Crippen LogP contribution in [0, 0.1) is 11.6 Å². The summed E-state index contributed by atoms with van der Waals surface area (Å²) < 4.78 is 33.1. The summed E-state index contributed by atoms with van der Waals surface area (Å²) >= 11 is 0. The van der Waals surface area contributed by atoms with Crippen molar-refractivity contribution in [2.45, 2.75) is 12.6 Å². The fourth-order valence-corrected chi connectivity index (χ4v) is 3.72. The van der Waals surface area contributed by atoms with Crippen LogP contribution in [-0.2, 0) is 6.42 Å². The molecule has 0 fully saturated rings. The number of rotatable bonds is 5. The van der Waals surface area contributed by atoms with Crippen LogP contribution in [0.2, 0.25) is 0 Å². The standard InChI is InChI=1S/C25H23F2N3O3/c1-29(2)25(32)33-22-9-4-3-8-19(22)23-28-21-11-10-18(27)15-20(21)24(31)30(23)13-12-16-6-5-7-17(26)14-16/h3-11,14-15,23,28H,12-13H2,1-2H3. The molecular formula is C25H23F2N3O3. The summed E-state index contributed by atoms with van der Waals surface area (Å²) in [6.45, 7) is 0.228. The van der Waals surface area contributed by atoms with E-state index in [1.54, 1.807) is 50.5 Å². The average Bonchev–Trinajstić information content (AvgIpc) is 2.79. The van der Waals surface area contributed by atoms with Crippen LogP contribution in [0.5, 0.6) is 5.75 Å². The lowest BCUT2D eigenvalue weighted by Gasteiger charge is -2.38. The highest BCUT2D eigenvalue weighted by Crippen LogP contribution is 2.37. The summed E-state index contributed by atoms with van der Waals surface area (Å²) in [5, 5.41) is 3.27. The van der Waals surface area contributed by atoms with Crippen molar-refractivity contribution < 1.29 is 23.1 Å². The van der Waals surface area contributed by atoms with Crippen molar-refractivity contribution in [3.05, 3.63) is 95.1 Å². The number of halogens is 2. The number of para-hydroxylation sites is 1. The Kier molecular flexibility index (Phi) is 6.26. The molecule has 170 valence electrons. The molecule has 0 spiro atoms. The summed E-state index contributed by atoms with van der Waals surface area (Å²) in [7, 11) is 3.15. The van der Waals surface area contributed by atoms with Gasteiger partial charge in [-0.3, -0.25) is 4.79 Å². The van der Waals surface area contributed by atoms with Crippen molar-refractivity contribution >= 4 is 17.7 Å². The van der Waals surface area contributed by atoms with Crippen molar-refractivity contribution in [2.24, 2.45) is 0 Å². The van der Waals surface area contributed by atoms with E-state index in [4.69, 9.17) is 4.74 Å². The van der Waals surface area contributed by atoms with Gasteiger partial charge in [-0.2, -0.15) is 0 Å². The fraction of sp³-hybridized carbons (Fsp3) is 0.200. The Morgan fingerprint density at radius 2 is 1.79 bits per heavy atom. The van der Waals surface area contributed by atoms with Gasteiger partial charge in [0, 0.05) is 31.9 Å². The molecule has 8 heteroatoms. The molecule has 1 atom stereocenters. The maximum absolute atomic E-state index is 13.9. The second-order valence-electron chi connectivity index (χ2n) is 7.92. The first kappa shape index (κ1) is 22.3. The average molecular weight is 451 g/mol. The van der Waals surface area contributed by atoms with E-state index in [0.29, 0.717) is 23.4 Å². The van der Waals surface area contributed by atoms with Crippen LogP contribution < -0.4 is 10.1 Å². The molecule has 1 aliphatic heterocycles. The highest BCUT2D eigenvalue weighted by molar-refractivity contribution is 6.01. The lowest BCUT2D eigenvalue weighted by molar-refractivity contribution is 0.0683. The molecule has 33 heavy (non-hydrogen) atoms. The number of anilines is 1. The van der Waals surface area contributed by atoms with E-state index in [1.165, 1.54) is 40.1 Å². The number of nitrogens with zero attached hydrogens (tertiary/aromatic N) is 2. The summed E-state index contributed by atoms with van der Waals surface area (Å²) in [5.41, 5.74) is 1.96. The maximum Gasteiger partial charge on any atom is 0.414 e. The molecule has 0 bridgehead atoms. The Morgan fingerprint density at radius 1 is 1.03 bits per heavy atom. The molecule has 0 aliphatic carbocycles. The van der Waals surface area contributed by atoms with Gasteiger partial charge in [-0.25, -0.2) is 13.6 Å². The molecule has 4 rings (SSSR count). The number of carbonyl (C=O) groups is 2. The first-order valence-electron chi connectivity index (χ1n) is 10.4. The number of benzene rings is 3. The van der Waals surface area contributed by atoms with Crippen LogP contribution in [0.25, 0.3) is 0 Å². The third-order valence-corrected chi connectivity index (χ3v) is 5.38. The molecule has 3 aromatic rings. The quantitative estimate of drug-likeness (QED) is 0.603. The number of amides is 2. The zero-order valence-corrected chi connectivity index (χ0v) is 18.2. The molecule has 3 aromatic carbocycles. The third-order valence-electron chi connectivity index (χ3n) is 5.38. The second kappa shape index (κ2) is 9.28. The van der Waals surface area contributed by atoms with Gasteiger partial charge >= 0.3 is 6.09 Å². The third kappa shape index (κ3) is 4.79. The second-order valence-corrected chi connectivity index (χ2v) is 7.92. The zero-order valence-electron chi connectivity index (χ0n) is 18.2. The van der Waals surface area contributed by atoms with E-state index in [9.17, 15) is 18.4 Å². The first-order chi connectivity index (χ1) is 15.8. The number of carbonyl (C=O) groups excluding carboxylic acids is 2. The Balaban J connectivity index is 1.72. The maximum atomic E-state index is 13.9. The Morgan fingerprint density at radius 3 is 2.55 bits per heavy atom. The minimum absolute atomic E-state index is 0.202. The van der Waals surface area contributed by atoms with Gasteiger partial charge in [0.05, 0.1) is 5.56 Å².